The summed E-state index contributed by atoms with van der Waals surface area (Å²) in [4.78, 5) is -0.0452. The number of halogens is 1. The molecule has 1 unspecified atom stereocenters. The molecule has 178 valence electrons. The van der Waals surface area contributed by atoms with Crippen LogP contribution in [0.1, 0.15) is 12.6 Å². The van der Waals surface area contributed by atoms with E-state index in [4.69, 9.17) is 22.1 Å². The first-order valence-corrected chi connectivity index (χ1v) is 12.5. The molecule has 3 aromatic rings. The third-order valence-corrected chi connectivity index (χ3v) is 6.93. The quantitative estimate of drug-likeness (QED) is 0.299. The van der Waals surface area contributed by atoms with Gasteiger partial charge in [0.05, 0.1) is 28.6 Å². The lowest BCUT2D eigenvalue weighted by Crippen LogP contribution is -2.18. The summed E-state index contributed by atoms with van der Waals surface area (Å²) in [5.74, 6) is 5.53. The topological polar surface area (TPSA) is 111 Å². The van der Waals surface area contributed by atoms with E-state index in [1.807, 2.05) is 6.92 Å². The summed E-state index contributed by atoms with van der Waals surface area (Å²) in [6.45, 7) is 1.83. The van der Waals surface area contributed by atoms with Crippen LogP contribution in [-0.2, 0) is 10.0 Å². The predicted molar refractivity (Wildman–Crippen MR) is 133 cm³/mol. The second kappa shape index (κ2) is 10.5. The van der Waals surface area contributed by atoms with Gasteiger partial charge in [-0.15, -0.1) is 0 Å². The zero-order valence-electron chi connectivity index (χ0n) is 18.4. The van der Waals surface area contributed by atoms with Gasteiger partial charge in [0.25, 0.3) is 0 Å². The summed E-state index contributed by atoms with van der Waals surface area (Å²) in [6, 6.07) is 12.0. The number of thioether (sulfide) groups is 1. The van der Waals surface area contributed by atoms with Crippen molar-refractivity contribution < 1.29 is 22.8 Å². The number of thiocarbonyl (C=S) groups is 1. The number of hydrogen-bond donors (Lipinski definition) is 2. The number of methoxy groups -OCH3 is 1. The molecule has 0 bridgehead atoms. The normalized spacial score (nSPS) is 11.9. The third-order valence-electron chi connectivity index (χ3n) is 4.51. The van der Waals surface area contributed by atoms with Gasteiger partial charge in [-0.3, -0.25) is 5.21 Å². The van der Waals surface area contributed by atoms with Crippen molar-refractivity contribution in [3.05, 3.63) is 60.0 Å². The number of benzene rings is 2. The van der Waals surface area contributed by atoms with E-state index in [-0.39, 0.29) is 20.2 Å². The minimum Gasteiger partial charge on any atom is -0.494 e. The Morgan fingerprint density at radius 3 is 2.53 bits per heavy atom. The summed E-state index contributed by atoms with van der Waals surface area (Å²) < 4.78 is 44.4. The molecular formula is C22H21FN4O4S3. The number of nitrogens with two attached hydrogens (primary N) is 1. The maximum Gasteiger partial charge on any atom is 0.238 e. The van der Waals surface area contributed by atoms with Crippen LogP contribution in [0.25, 0.3) is 16.9 Å². The van der Waals surface area contributed by atoms with Gasteiger partial charge < -0.3 is 4.74 Å². The van der Waals surface area contributed by atoms with Crippen LogP contribution >= 0.6 is 24.0 Å². The Morgan fingerprint density at radius 2 is 1.97 bits per heavy atom. The number of ether oxygens (including phenoxy) is 1. The second-order valence-electron chi connectivity index (χ2n) is 7.03. The van der Waals surface area contributed by atoms with Gasteiger partial charge in [-0.05, 0) is 55.3 Å². The van der Waals surface area contributed by atoms with E-state index in [0.29, 0.717) is 22.6 Å². The molecule has 34 heavy (non-hydrogen) atoms. The average Bonchev–Trinajstić information content (AvgIpc) is 3.21. The highest BCUT2D eigenvalue weighted by atomic mass is 32.2. The number of sulfonamides is 1. The van der Waals surface area contributed by atoms with Gasteiger partial charge in [-0.2, -0.15) is 5.10 Å². The van der Waals surface area contributed by atoms with Gasteiger partial charge in [0, 0.05) is 18.7 Å². The lowest BCUT2D eigenvalue weighted by molar-refractivity contribution is 0.0205. The number of primary sulfonamides is 1. The van der Waals surface area contributed by atoms with Crippen LogP contribution in [0, 0.1) is 17.7 Å². The third kappa shape index (κ3) is 6.13. The van der Waals surface area contributed by atoms with E-state index in [0.717, 1.165) is 5.06 Å². The highest BCUT2D eigenvalue weighted by Crippen LogP contribution is 2.28. The lowest BCUT2D eigenvalue weighted by atomic mass is 10.1. The maximum absolute atomic E-state index is 14.4. The van der Waals surface area contributed by atoms with Gasteiger partial charge in [0.15, 0.2) is 15.9 Å². The van der Waals surface area contributed by atoms with Gasteiger partial charge in [0.2, 0.25) is 10.0 Å². The van der Waals surface area contributed by atoms with E-state index in [9.17, 15) is 18.0 Å². The Bertz CT molecular complexity index is 1380. The van der Waals surface area contributed by atoms with Gasteiger partial charge in [-0.25, -0.2) is 27.7 Å². The molecule has 0 aliphatic heterocycles. The Balaban J connectivity index is 2.05. The minimum absolute atomic E-state index is 0.0452. The molecule has 1 atom stereocenters. The SMILES string of the molecule is COc1ccc(-c2cc(C#CC(C)SC(=S)N(C)O)nn2-c2ccc(S(N)(=O)=O)cc2)cc1F. The van der Waals surface area contributed by atoms with Crippen molar-refractivity contribution in [1.82, 2.24) is 14.8 Å². The van der Waals surface area contributed by atoms with Crippen molar-refractivity contribution in [3.8, 4) is 34.5 Å². The highest BCUT2D eigenvalue weighted by Gasteiger charge is 2.15. The summed E-state index contributed by atoms with van der Waals surface area (Å²) in [7, 11) is -1.05. The van der Waals surface area contributed by atoms with Crippen LogP contribution in [0.4, 0.5) is 4.39 Å². The summed E-state index contributed by atoms with van der Waals surface area (Å²) >= 11 is 6.27. The maximum atomic E-state index is 14.4. The lowest BCUT2D eigenvalue weighted by Gasteiger charge is -2.11. The van der Waals surface area contributed by atoms with Crippen LogP contribution in [0.5, 0.6) is 5.75 Å². The Morgan fingerprint density at radius 1 is 1.29 bits per heavy atom. The van der Waals surface area contributed by atoms with E-state index < -0.39 is 15.8 Å². The van der Waals surface area contributed by atoms with Crippen LogP contribution in [0.2, 0.25) is 0 Å². The number of rotatable bonds is 5. The molecule has 1 heterocycles. The molecule has 2 aromatic carbocycles. The van der Waals surface area contributed by atoms with E-state index in [1.54, 1.807) is 24.3 Å². The molecular weight excluding hydrogens is 499 g/mol. The summed E-state index contributed by atoms with van der Waals surface area (Å²) in [5.41, 5.74) is 1.97. The fraction of sp³-hybridized carbons (Fsp3) is 0.182. The zero-order chi connectivity index (χ0) is 25.0. The van der Waals surface area contributed by atoms with Crippen LogP contribution in [-0.4, -0.2) is 52.2 Å². The van der Waals surface area contributed by atoms with Gasteiger partial charge >= 0.3 is 0 Å². The Kier molecular flexibility index (Phi) is 7.96. The zero-order valence-corrected chi connectivity index (χ0v) is 20.8. The molecule has 0 saturated heterocycles. The molecule has 8 nitrogen and oxygen atoms in total. The monoisotopic (exact) mass is 520 g/mol. The molecule has 0 aliphatic carbocycles. The van der Waals surface area contributed by atoms with Crippen molar-refractivity contribution in [2.45, 2.75) is 17.1 Å². The van der Waals surface area contributed by atoms with E-state index in [1.165, 1.54) is 54.9 Å². The first-order valence-electron chi connectivity index (χ1n) is 9.71. The number of hydrogen-bond acceptors (Lipinski definition) is 7. The van der Waals surface area contributed by atoms with Crippen molar-refractivity contribution in [2.24, 2.45) is 5.14 Å². The van der Waals surface area contributed by atoms with Crippen molar-refractivity contribution >= 4 is 38.3 Å². The van der Waals surface area contributed by atoms with E-state index in [2.05, 4.69) is 16.9 Å². The largest absolute Gasteiger partial charge is 0.494 e. The number of aromatic nitrogens is 2. The second-order valence-corrected chi connectivity index (χ2v) is 10.6. The van der Waals surface area contributed by atoms with E-state index >= 15 is 0 Å². The fourth-order valence-corrected chi connectivity index (χ4v) is 4.40. The van der Waals surface area contributed by atoms with Crippen LogP contribution < -0.4 is 9.88 Å². The van der Waals surface area contributed by atoms with Crippen molar-refractivity contribution in [1.29, 1.82) is 0 Å². The molecule has 3 N–H and O–H groups in total. The Labute approximate surface area is 206 Å². The molecule has 12 heteroatoms. The molecule has 0 amide bonds. The van der Waals surface area contributed by atoms with Crippen LogP contribution in [0.3, 0.4) is 0 Å². The highest BCUT2D eigenvalue weighted by molar-refractivity contribution is 8.23. The van der Waals surface area contributed by atoms with Crippen molar-refractivity contribution in [3.63, 3.8) is 0 Å². The first kappa shape index (κ1) is 25.7. The summed E-state index contributed by atoms with van der Waals surface area (Å²) in [5, 5.41) is 19.7. The molecule has 0 saturated carbocycles. The molecule has 3 rings (SSSR count). The predicted octanol–water partition coefficient (Wildman–Crippen LogP) is 3.41. The van der Waals surface area contributed by atoms with Crippen molar-refractivity contribution in [2.75, 3.05) is 14.2 Å². The molecule has 0 spiro atoms. The number of hydroxylamine groups is 2. The molecule has 0 aliphatic rings. The number of nitrogens with zero attached hydrogens (tertiary/aromatic N) is 3. The van der Waals surface area contributed by atoms with Gasteiger partial charge in [0.1, 0.15) is 5.69 Å². The Hall–Kier alpha value is -2.95. The van der Waals surface area contributed by atoms with Crippen LogP contribution in [0.15, 0.2) is 53.4 Å². The molecule has 1 aromatic heterocycles. The fourth-order valence-electron chi connectivity index (χ4n) is 2.88. The summed E-state index contributed by atoms with van der Waals surface area (Å²) in [6.07, 6.45) is 0. The minimum atomic E-state index is -3.86. The first-order chi connectivity index (χ1) is 16.0. The molecule has 0 fully saturated rings. The average molecular weight is 521 g/mol. The molecule has 0 radical (unpaired) electrons. The smallest absolute Gasteiger partial charge is 0.238 e. The van der Waals surface area contributed by atoms with Gasteiger partial charge in [-0.1, -0.05) is 29.9 Å². The standard InChI is InChI=1S/C22H21FN4O4S3/c1-14(33-22(32)26(2)28)4-6-16-13-20(15-5-11-21(31-3)19(23)12-15)27(25-16)17-7-9-18(10-8-17)34(24,29)30/h5,7-14,28H,1-3H3,(H2,24,29,30).